The van der Waals surface area contributed by atoms with Crippen molar-refractivity contribution in [3.8, 4) is 5.69 Å². The monoisotopic (exact) mass is 541 g/mol. The largest absolute Gasteiger partial charge is 0.380 e. The lowest BCUT2D eigenvalue weighted by Crippen LogP contribution is -2.58. The Morgan fingerprint density at radius 3 is 2.59 bits per heavy atom. The van der Waals surface area contributed by atoms with Crippen LogP contribution in [0.5, 0.6) is 0 Å². The highest BCUT2D eigenvalue weighted by Crippen LogP contribution is 2.46. The first-order chi connectivity index (χ1) is 18.7. The van der Waals surface area contributed by atoms with Crippen molar-refractivity contribution in [2.75, 3.05) is 26.3 Å². The van der Waals surface area contributed by atoms with Crippen molar-refractivity contribution >= 4 is 25.2 Å². The van der Waals surface area contributed by atoms with E-state index in [1.807, 2.05) is 17.7 Å². The van der Waals surface area contributed by atoms with Crippen LogP contribution < -0.4 is 5.19 Å². The van der Waals surface area contributed by atoms with E-state index in [-0.39, 0.29) is 17.3 Å². The standard InChI is InChI=1S/C31H36FN5OSi/c1-20-34-19-37(35-20)28-10-6-21(24-7-8-25(24)28)13-23-15-31(17-38-18-31)16-36-27(11-12-33-30(23)36)22-5-9-26(32)29(14-22)39(2,3)4/h5-6,9-10,13-14,19,27H,7-8,11-12,15-18H2,1-4H3/b23-13+. The smallest absolute Gasteiger partial charge is 0.147 e. The van der Waals surface area contributed by atoms with Crippen LogP contribution in [0.1, 0.15) is 47.0 Å². The van der Waals surface area contributed by atoms with Crippen molar-refractivity contribution < 1.29 is 9.13 Å². The molecule has 1 unspecified atom stereocenters. The number of ether oxygens (including phenoxy) is 1. The van der Waals surface area contributed by atoms with E-state index in [4.69, 9.17) is 9.73 Å². The molecule has 4 aliphatic rings. The second kappa shape index (κ2) is 8.96. The number of amidine groups is 1. The predicted molar refractivity (Wildman–Crippen MR) is 155 cm³/mol. The lowest BCUT2D eigenvalue weighted by atomic mass is 9.73. The van der Waals surface area contributed by atoms with Gasteiger partial charge in [-0.15, -0.1) is 0 Å². The molecule has 0 saturated carbocycles. The maximum absolute atomic E-state index is 14.8. The molecule has 1 aromatic heterocycles. The Hall–Kier alpha value is -3.10. The van der Waals surface area contributed by atoms with E-state index in [2.05, 4.69) is 58.9 Å². The average molecular weight is 542 g/mol. The van der Waals surface area contributed by atoms with Crippen molar-refractivity contribution in [2.24, 2.45) is 10.4 Å². The molecule has 0 amide bonds. The molecule has 4 heterocycles. The minimum atomic E-state index is -1.80. The third-order valence-electron chi connectivity index (χ3n) is 8.92. The lowest BCUT2D eigenvalue weighted by Gasteiger charge is -2.53. The SMILES string of the molecule is Cc1ncn(-c2ccc(/C=C3\CC4(COC4)CN4C3=NCCC4c3ccc(F)c([Si](C)(C)C)c3)c3c2CC3)n1. The van der Waals surface area contributed by atoms with E-state index in [0.29, 0.717) is 0 Å². The summed E-state index contributed by atoms with van der Waals surface area (Å²) in [4.78, 5) is 11.9. The Bertz CT molecular complexity index is 1530. The van der Waals surface area contributed by atoms with Gasteiger partial charge in [0.25, 0.3) is 0 Å². The Labute approximate surface area is 230 Å². The second-order valence-corrected chi connectivity index (χ2v) is 17.9. The molecule has 1 atom stereocenters. The molecule has 7 rings (SSSR count). The molecule has 6 nitrogen and oxygen atoms in total. The molecule has 1 aliphatic carbocycles. The van der Waals surface area contributed by atoms with Gasteiger partial charge in [0.1, 0.15) is 23.8 Å². The van der Waals surface area contributed by atoms with Gasteiger partial charge in [-0.1, -0.05) is 37.8 Å². The van der Waals surface area contributed by atoms with Crippen LogP contribution >= 0.6 is 0 Å². The van der Waals surface area contributed by atoms with E-state index in [1.165, 1.54) is 27.8 Å². The molecule has 2 saturated heterocycles. The first-order valence-electron chi connectivity index (χ1n) is 14.1. The highest BCUT2D eigenvalue weighted by molar-refractivity contribution is 6.88. The Morgan fingerprint density at radius 2 is 1.92 bits per heavy atom. The van der Waals surface area contributed by atoms with Gasteiger partial charge in [-0.2, -0.15) is 5.10 Å². The highest BCUT2D eigenvalue weighted by atomic mass is 28.3. The fraction of sp³-hybridized carbons (Fsp3) is 0.452. The Morgan fingerprint density at radius 1 is 1.10 bits per heavy atom. The number of rotatable bonds is 4. The molecule has 1 spiro atoms. The number of nitrogens with zero attached hydrogens (tertiary/aromatic N) is 5. The zero-order valence-corrected chi connectivity index (χ0v) is 24.3. The molecule has 39 heavy (non-hydrogen) atoms. The summed E-state index contributed by atoms with van der Waals surface area (Å²) in [5, 5.41) is 5.46. The van der Waals surface area contributed by atoms with E-state index in [0.717, 1.165) is 74.5 Å². The molecule has 2 fully saturated rings. The number of halogens is 1. The number of hydrogen-bond acceptors (Lipinski definition) is 5. The van der Waals surface area contributed by atoms with Crippen LogP contribution in [-0.2, 0) is 17.6 Å². The summed E-state index contributed by atoms with van der Waals surface area (Å²) in [6.07, 6.45) is 8.28. The molecule has 0 bridgehead atoms. The molecule has 0 radical (unpaired) electrons. The van der Waals surface area contributed by atoms with Gasteiger partial charge < -0.3 is 9.64 Å². The quantitative estimate of drug-likeness (QED) is 0.436. The summed E-state index contributed by atoms with van der Waals surface area (Å²) < 4.78 is 22.5. The summed E-state index contributed by atoms with van der Waals surface area (Å²) >= 11 is 0. The van der Waals surface area contributed by atoms with Gasteiger partial charge in [-0.25, -0.2) is 14.1 Å². The fourth-order valence-electron chi connectivity index (χ4n) is 6.78. The Balaban J connectivity index is 1.27. The second-order valence-electron chi connectivity index (χ2n) is 12.8. The van der Waals surface area contributed by atoms with Crippen LogP contribution in [-0.4, -0.2) is 59.9 Å². The zero-order valence-electron chi connectivity index (χ0n) is 23.3. The number of aromatic nitrogens is 3. The Kier molecular flexibility index (Phi) is 5.72. The first kappa shape index (κ1) is 24.9. The highest BCUT2D eigenvalue weighted by Gasteiger charge is 2.48. The maximum Gasteiger partial charge on any atom is 0.147 e. The van der Waals surface area contributed by atoms with Gasteiger partial charge in [0.15, 0.2) is 0 Å². The topological polar surface area (TPSA) is 55.5 Å². The van der Waals surface area contributed by atoms with Crippen LogP contribution in [0, 0.1) is 18.2 Å². The van der Waals surface area contributed by atoms with Gasteiger partial charge >= 0.3 is 0 Å². The number of fused-ring (bicyclic) bond motifs is 2. The first-order valence-corrected chi connectivity index (χ1v) is 17.6. The molecule has 2 aromatic carbocycles. The minimum absolute atomic E-state index is 0.0620. The van der Waals surface area contributed by atoms with Crippen LogP contribution in [0.15, 0.2) is 47.2 Å². The summed E-state index contributed by atoms with van der Waals surface area (Å²) in [7, 11) is -1.80. The van der Waals surface area contributed by atoms with Gasteiger partial charge in [0, 0.05) is 18.5 Å². The molecule has 3 aliphatic heterocycles. The molecule has 202 valence electrons. The molecule has 3 aromatic rings. The molecule has 0 N–H and O–H groups in total. The number of benzene rings is 2. The van der Waals surface area contributed by atoms with Crippen LogP contribution in [0.4, 0.5) is 4.39 Å². The predicted octanol–water partition coefficient (Wildman–Crippen LogP) is 5.01. The molecular formula is C31H36FN5OSi. The average Bonchev–Trinajstić information content (AvgIpc) is 3.29. The van der Waals surface area contributed by atoms with Gasteiger partial charge in [-0.05, 0) is 83.8 Å². The van der Waals surface area contributed by atoms with Crippen LogP contribution in [0.25, 0.3) is 11.8 Å². The summed E-state index contributed by atoms with van der Waals surface area (Å²) in [6.45, 7) is 11.9. The lowest BCUT2D eigenvalue weighted by molar-refractivity contribution is -0.126. The van der Waals surface area contributed by atoms with Crippen LogP contribution in [0.2, 0.25) is 19.6 Å². The fourth-order valence-corrected chi connectivity index (χ4v) is 8.17. The summed E-state index contributed by atoms with van der Waals surface area (Å²) in [5.74, 6) is 1.84. The van der Waals surface area contributed by atoms with Crippen molar-refractivity contribution in [3.05, 3.63) is 76.1 Å². The zero-order chi connectivity index (χ0) is 26.9. The third-order valence-corrected chi connectivity index (χ3v) is 10.9. The van der Waals surface area contributed by atoms with E-state index in [1.54, 1.807) is 12.4 Å². The van der Waals surface area contributed by atoms with Crippen molar-refractivity contribution in [1.29, 1.82) is 0 Å². The van der Waals surface area contributed by atoms with E-state index >= 15 is 0 Å². The summed E-state index contributed by atoms with van der Waals surface area (Å²) in [6, 6.07) is 10.5. The van der Waals surface area contributed by atoms with Crippen molar-refractivity contribution in [3.63, 3.8) is 0 Å². The number of aliphatic imine (C=N–C) groups is 1. The molecular weight excluding hydrogens is 505 g/mol. The number of piperidine rings is 1. The van der Waals surface area contributed by atoms with Gasteiger partial charge in [0.05, 0.1) is 33.0 Å². The van der Waals surface area contributed by atoms with E-state index < -0.39 is 8.07 Å². The van der Waals surface area contributed by atoms with Crippen molar-refractivity contribution in [2.45, 2.75) is 58.3 Å². The normalized spacial score (nSPS) is 22.7. The van der Waals surface area contributed by atoms with E-state index in [9.17, 15) is 4.39 Å². The maximum atomic E-state index is 14.8. The number of aryl methyl sites for hydroxylation is 1. The van der Waals surface area contributed by atoms with Gasteiger partial charge in [-0.3, -0.25) is 4.99 Å². The number of hydrogen-bond donors (Lipinski definition) is 0. The minimum Gasteiger partial charge on any atom is -0.380 e. The third kappa shape index (κ3) is 4.19. The van der Waals surface area contributed by atoms with Crippen LogP contribution in [0.3, 0.4) is 0 Å². The molecule has 8 heteroatoms. The van der Waals surface area contributed by atoms with Crippen molar-refractivity contribution in [1.82, 2.24) is 19.7 Å². The van der Waals surface area contributed by atoms with Gasteiger partial charge in [0.2, 0.25) is 0 Å². The summed E-state index contributed by atoms with van der Waals surface area (Å²) in [5.41, 5.74) is 7.85.